The lowest BCUT2D eigenvalue weighted by Gasteiger charge is -2.12. The quantitative estimate of drug-likeness (QED) is 0.526. The molecular weight excluding hydrogens is 376 g/mol. The van der Waals surface area contributed by atoms with Gasteiger partial charge in [0.15, 0.2) is 0 Å². The second kappa shape index (κ2) is 8.35. The third-order valence-corrected chi connectivity index (χ3v) is 4.98. The van der Waals surface area contributed by atoms with Gasteiger partial charge in [-0.1, -0.05) is 48.5 Å². The van der Waals surface area contributed by atoms with Gasteiger partial charge in [-0.25, -0.2) is 0 Å². The highest BCUT2D eigenvalue weighted by Gasteiger charge is 2.12. The van der Waals surface area contributed by atoms with Crippen molar-refractivity contribution in [3.05, 3.63) is 101 Å². The highest BCUT2D eigenvalue weighted by atomic mass is 16.3. The monoisotopic (exact) mass is 398 g/mol. The van der Waals surface area contributed by atoms with E-state index in [2.05, 4.69) is 5.32 Å². The maximum absolute atomic E-state index is 12.8. The first kappa shape index (κ1) is 19.6. The second-order valence-electron chi connectivity index (χ2n) is 7.29. The minimum atomic E-state index is -0.623. The molecule has 4 rings (SSSR count). The number of aliphatic hydroxyl groups excluding tert-OH is 1. The maximum Gasteiger partial charge on any atom is 0.258 e. The van der Waals surface area contributed by atoms with Gasteiger partial charge in [-0.15, -0.1) is 0 Å². The summed E-state index contributed by atoms with van der Waals surface area (Å²) < 4.78 is 1.47. The topological polar surface area (TPSA) is 71.3 Å². The lowest BCUT2D eigenvalue weighted by atomic mass is 10.0. The Morgan fingerprint density at radius 3 is 2.30 bits per heavy atom. The summed E-state index contributed by atoms with van der Waals surface area (Å²) in [7, 11) is 0. The molecule has 30 heavy (non-hydrogen) atoms. The van der Waals surface area contributed by atoms with E-state index in [1.165, 1.54) is 4.57 Å². The van der Waals surface area contributed by atoms with Crippen molar-refractivity contribution in [3.63, 3.8) is 0 Å². The number of aromatic nitrogens is 1. The lowest BCUT2D eigenvalue weighted by molar-refractivity contribution is 0.102. The van der Waals surface area contributed by atoms with E-state index in [9.17, 15) is 14.7 Å². The summed E-state index contributed by atoms with van der Waals surface area (Å²) in [5.74, 6) is -0.240. The minimum Gasteiger partial charge on any atom is -0.392 e. The molecule has 1 aromatic heterocycles. The molecule has 0 radical (unpaired) electrons. The number of nitrogens with zero attached hydrogens (tertiary/aromatic N) is 1. The number of carbonyl (C=O) groups excluding carboxylic acids is 1. The molecule has 0 bridgehead atoms. The first-order valence-corrected chi connectivity index (χ1v) is 9.80. The molecule has 4 aromatic rings. The van der Waals surface area contributed by atoms with Crippen LogP contribution >= 0.6 is 0 Å². The Morgan fingerprint density at radius 1 is 0.900 bits per heavy atom. The number of amides is 1. The third kappa shape index (κ3) is 4.02. The van der Waals surface area contributed by atoms with Gasteiger partial charge in [0.25, 0.3) is 11.5 Å². The second-order valence-corrected chi connectivity index (χ2v) is 7.29. The molecule has 5 heteroatoms. The van der Waals surface area contributed by atoms with Crippen molar-refractivity contribution in [2.24, 2.45) is 0 Å². The molecule has 0 spiro atoms. The number of carbonyl (C=O) groups is 1. The summed E-state index contributed by atoms with van der Waals surface area (Å²) in [6, 6.07) is 24.4. The van der Waals surface area contributed by atoms with Crippen LogP contribution in [0.2, 0.25) is 0 Å². The highest BCUT2D eigenvalue weighted by molar-refractivity contribution is 6.09. The van der Waals surface area contributed by atoms with E-state index in [1.54, 1.807) is 49.5 Å². The van der Waals surface area contributed by atoms with Crippen molar-refractivity contribution >= 4 is 22.4 Å². The molecule has 2 N–H and O–H groups in total. The van der Waals surface area contributed by atoms with Gasteiger partial charge in [-0.2, -0.15) is 0 Å². The average molecular weight is 398 g/mol. The van der Waals surface area contributed by atoms with Gasteiger partial charge in [0.1, 0.15) is 0 Å². The summed E-state index contributed by atoms with van der Waals surface area (Å²) in [5, 5.41) is 13.6. The molecule has 1 amide bonds. The standard InChI is InChI=1S/C25H22N2O3/c1-17(28)16-27-15-14-21-22(25(27)30)8-5-9-23(21)26-24(29)20-12-10-19(11-13-20)18-6-3-2-4-7-18/h2-15,17,28H,16H2,1H3,(H,26,29). The number of rotatable bonds is 5. The number of pyridine rings is 1. The Kier molecular flexibility index (Phi) is 5.46. The average Bonchev–Trinajstić information content (AvgIpc) is 2.76. The van der Waals surface area contributed by atoms with Crippen LogP contribution in [0, 0.1) is 0 Å². The highest BCUT2D eigenvalue weighted by Crippen LogP contribution is 2.23. The number of hydrogen-bond acceptors (Lipinski definition) is 3. The number of benzene rings is 3. The maximum atomic E-state index is 12.8. The number of aliphatic hydroxyl groups is 1. The van der Waals surface area contributed by atoms with Gasteiger partial charge < -0.3 is 15.0 Å². The number of anilines is 1. The fraction of sp³-hybridized carbons (Fsp3) is 0.120. The van der Waals surface area contributed by atoms with Gasteiger partial charge in [-0.05, 0) is 48.4 Å². The van der Waals surface area contributed by atoms with E-state index >= 15 is 0 Å². The molecular formula is C25H22N2O3. The molecule has 1 heterocycles. The van der Waals surface area contributed by atoms with Crippen LogP contribution in [-0.2, 0) is 6.54 Å². The van der Waals surface area contributed by atoms with Crippen molar-refractivity contribution < 1.29 is 9.90 Å². The Balaban J connectivity index is 1.60. The zero-order valence-electron chi connectivity index (χ0n) is 16.6. The van der Waals surface area contributed by atoms with E-state index in [0.29, 0.717) is 22.0 Å². The molecule has 5 nitrogen and oxygen atoms in total. The first-order valence-electron chi connectivity index (χ1n) is 9.80. The fourth-order valence-corrected chi connectivity index (χ4v) is 3.49. The van der Waals surface area contributed by atoms with Crippen LogP contribution in [0.25, 0.3) is 21.9 Å². The number of fused-ring (bicyclic) bond motifs is 1. The molecule has 0 aliphatic rings. The predicted molar refractivity (Wildman–Crippen MR) is 120 cm³/mol. The molecule has 0 aliphatic carbocycles. The number of nitrogens with one attached hydrogen (secondary N) is 1. The van der Waals surface area contributed by atoms with Crippen LogP contribution < -0.4 is 10.9 Å². The normalized spacial score (nSPS) is 11.9. The first-order chi connectivity index (χ1) is 14.5. The van der Waals surface area contributed by atoms with Crippen molar-refractivity contribution in [2.45, 2.75) is 19.6 Å². The Labute approximate surface area is 174 Å². The van der Waals surface area contributed by atoms with Gasteiger partial charge in [-0.3, -0.25) is 9.59 Å². The van der Waals surface area contributed by atoms with E-state index < -0.39 is 6.10 Å². The third-order valence-electron chi connectivity index (χ3n) is 4.98. The predicted octanol–water partition coefficient (Wildman–Crippen LogP) is 4.30. The van der Waals surface area contributed by atoms with Gasteiger partial charge in [0, 0.05) is 28.2 Å². The number of hydrogen-bond donors (Lipinski definition) is 2. The van der Waals surface area contributed by atoms with Crippen LogP contribution in [0.4, 0.5) is 5.69 Å². The summed E-state index contributed by atoms with van der Waals surface area (Å²) in [6.07, 6.45) is 1.02. The van der Waals surface area contributed by atoms with E-state index in [0.717, 1.165) is 11.1 Å². The van der Waals surface area contributed by atoms with Gasteiger partial charge >= 0.3 is 0 Å². The zero-order chi connectivity index (χ0) is 21.1. The van der Waals surface area contributed by atoms with Crippen LogP contribution in [0.5, 0.6) is 0 Å². The van der Waals surface area contributed by atoms with Gasteiger partial charge in [0.2, 0.25) is 0 Å². The molecule has 150 valence electrons. The summed E-state index contributed by atoms with van der Waals surface area (Å²) >= 11 is 0. The van der Waals surface area contributed by atoms with Crippen LogP contribution in [0.1, 0.15) is 17.3 Å². The largest absolute Gasteiger partial charge is 0.392 e. The Morgan fingerprint density at radius 2 is 1.60 bits per heavy atom. The smallest absolute Gasteiger partial charge is 0.258 e. The van der Waals surface area contributed by atoms with Gasteiger partial charge in [0.05, 0.1) is 12.6 Å². The summed E-state index contributed by atoms with van der Waals surface area (Å²) in [5.41, 5.74) is 3.04. The Bertz CT molecular complexity index is 1240. The van der Waals surface area contributed by atoms with E-state index in [4.69, 9.17) is 0 Å². The van der Waals surface area contributed by atoms with Crippen molar-refractivity contribution in [3.8, 4) is 11.1 Å². The van der Waals surface area contributed by atoms with Crippen LogP contribution in [0.15, 0.2) is 89.9 Å². The van der Waals surface area contributed by atoms with Crippen LogP contribution in [0.3, 0.4) is 0 Å². The zero-order valence-corrected chi connectivity index (χ0v) is 16.6. The molecule has 0 aliphatic heterocycles. The SMILES string of the molecule is CC(O)Cn1ccc2c(NC(=O)c3ccc(-c4ccccc4)cc3)cccc2c1=O. The van der Waals surface area contributed by atoms with E-state index in [-0.39, 0.29) is 18.0 Å². The van der Waals surface area contributed by atoms with Crippen molar-refractivity contribution in [2.75, 3.05) is 5.32 Å². The summed E-state index contributed by atoms with van der Waals surface area (Å²) in [4.78, 5) is 25.5. The van der Waals surface area contributed by atoms with E-state index in [1.807, 2.05) is 42.5 Å². The lowest BCUT2D eigenvalue weighted by Crippen LogP contribution is -2.25. The fourth-order valence-electron chi connectivity index (χ4n) is 3.49. The Hall–Kier alpha value is -3.70. The molecule has 0 fully saturated rings. The molecule has 0 saturated heterocycles. The van der Waals surface area contributed by atoms with Crippen molar-refractivity contribution in [1.82, 2.24) is 4.57 Å². The minimum absolute atomic E-state index is 0.197. The molecule has 0 saturated carbocycles. The summed E-state index contributed by atoms with van der Waals surface area (Å²) in [6.45, 7) is 1.86. The molecule has 3 aromatic carbocycles. The van der Waals surface area contributed by atoms with Crippen molar-refractivity contribution in [1.29, 1.82) is 0 Å². The molecule has 1 unspecified atom stereocenters. The van der Waals surface area contributed by atoms with Crippen LogP contribution in [-0.4, -0.2) is 21.7 Å². The molecule has 1 atom stereocenters.